The summed E-state index contributed by atoms with van der Waals surface area (Å²) in [5.41, 5.74) is 0. The zero-order valence-electron chi connectivity index (χ0n) is 11.5. The number of ether oxygens (including phenoxy) is 1. The van der Waals surface area contributed by atoms with Crippen LogP contribution in [0.5, 0.6) is 5.75 Å². The third-order valence-electron chi connectivity index (χ3n) is 2.53. The Morgan fingerprint density at radius 1 is 1.32 bits per heavy atom. The zero-order valence-corrected chi connectivity index (χ0v) is 12.4. The van der Waals surface area contributed by atoms with Crippen LogP contribution in [-0.4, -0.2) is 44.1 Å². The molecule has 1 unspecified atom stereocenters. The van der Waals surface area contributed by atoms with Crippen molar-refractivity contribution in [1.82, 2.24) is 4.31 Å². The fourth-order valence-corrected chi connectivity index (χ4v) is 2.83. The van der Waals surface area contributed by atoms with Crippen molar-refractivity contribution in [1.29, 1.82) is 0 Å². The van der Waals surface area contributed by atoms with Gasteiger partial charge in [0.25, 0.3) is 0 Å². The van der Waals surface area contributed by atoms with Crippen molar-refractivity contribution in [2.45, 2.75) is 31.3 Å². The van der Waals surface area contributed by atoms with Crippen molar-refractivity contribution in [2.75, 3.05) is 20.2 Å². The molecule has 0 aliphatic carbocycles. The normalized spacial score (nSPS) is 13.5. The third-order valence-corrected chi connectivity index (χ3v) is 4.36. The van der Waals surface area contributed by atoms with Crippen LogP contribution in [0.25, 0.3) is 0 Å². The van der Waals surface area contributed by atoms with Gasteiger partial charge in [0.2, 0.25) is 10.0 Å². The topological polar surface area (TPSA) is 66.8 Å². The van der Waals surface area contributed by atoms with Gasteiger partial charge in [0.1, 0.15) is 5.75 Å². The molecule has 0 radical (unpaired) electrons. The lowest BCUT2D eigenvalue weighted by Crippen LogP contribution is -2.33. The number of hydrogen-bond donors (Lipinski definition) is 1. The molecule has 1 N–H and O–H groups in total. The molecule has 19 heavy (non-hydrogen) atoms. The van der Waals surface area contributed by atoms with E-state index >= 15 is 0 Å². The lowest BCUT2D eigenvalue weighted by Gasteiger charge is -2.18. The molecule has 0 saturated carbocycles. The Morgan fingerprint density at radius 3 is 2.37 bits per heavy atom. The first-order valence-electron chi connectivity index (χ1n) is 6.25. The van der Waals surface area contributed by atoms with Gasteiger partial charge in [0.05, 0.1) is 17.6 Å². The fraction of sp³-hybridized carbons (Fsp3) is 0.538. The summed E-state index contributed by atoms with van der Waals surface area (Å²) in [5, 5.41) is 9.25. The summed E-state index contributed by atoms with van der Waals surface area (Å²) in [6.45, 7) is 4.22. The largest absolute Gasteiger partial charge is 0.494 e. The molecule has 0 aliphatic heterocycles. The van der Waals surface area contributed by atoms with E-state index in [9.17, 15) is 13.5 Å². The number of likely N-dealkylation sites (N-methyl/N-ethyl adjacent to an activating group) is 1. The van der Waals surface area contributed by atoms with Crippen LogP contribution in [0.15, 0.2) is 29.2 Å². The average Bonchev–Trinajstić information content (AvgIpc) is 2.36. The predicted octanol–water partition coefficient (Wildman–Crippen LogP) is 1.48. The van der Waals surface area contributed by atoms with Gasteiger partial charge in [-0.25, -0.2) is 8.42 Å². The minimum absolute atomic E-state index is 0.0659. The number of rotatable bonds is 7. The van der Waals surface area contributed by atoms with Gasteiger partial charge in [-0.3, -0.25) is 0 Å². The molecule has 1 atom stereocenters. The molecule has 0 spiro atoms. The van der Waals surface area contributed by atoms with Crippen molar-refractivity contribution in [3.63, 3.8) is 0 Å². The Balaban J connectivity index is 2.84. The monoisotopic (exact) mass is 287 g/mol. The van der Waals surface area contributed by atoms with Crippen molar-refractivity contribution in [2.24, 2.45) is 0 Å². The van der Waals surface area contributed by atoms with Gasteiger partial charge in [0, 0.05) is 13.6 Å². The Hall–Kier alpha value is -1.11. The van der Waals surface area contributed by atoms with Gasteiger partial charge in [-0.2, -0.15) is 4.31 Å². The average molecular weight is 287 g/mol. The second kappa shape index (κ2) is 6.88. The SMILES string of the molecule is CCCOc1ccc(S(=O)(=O)N(C)CC(C)O)cc1. The first-order valence-corrected chi connectivity index (χ1v) is 7.69. The highest BCUT2D eigenvalue weighted by molar-refractivity contribution is 7.89. The van der Waals surface area contributed by atoms with Gasteiger partial charge in [0.15, 0.2) is 0 Å². The molecule has 0 saturated heterocycles. The number of nitrogens with zero attached hydrogens (tertiary/aromatic N) is 1. The number of aliphatic hydroxyl groups excluding tert-OH is 1. The molecule has 1 aromatic carbocycles. The molecule has 0 bridgehead atoms. The fourth-order valence-electron chi connectivity index (χ4n) is 1.58. The molecule has 0 heterocycles. The maximum atomic E-state index is 12.2. The van der Waals surface area contributed by atoms with Crippen LogP contribution in [-0.2, 0) is 10.0 Å². The predicted molar refractivity (Wildman–Crippen MR) is 73.7 cm³/mol. The van der Waals surface area contributed by atoms with Crippen LogP contribution in [0.2, 0.25) is 0 Å². The van der Waals surface area contributed by atoms with Crippen molar-refractivity contribution >= 4 is 10.0 Å². The van der Waals surface area contributed by atoms with Gasteiger partial charge in [-0.05, 0) is 37.6 Å². The van der Waals surface area contributed by atoms with E-state index in [0.29, 0.717) is 12.4 Å². The summed E-state index contributed by atoms with van der Waals surface area (Å²) in [6, 6.07) is 6.30. The molecule has 0 fully saturated rings. The molecule has 6 heteroatoms. The quantitative estimate of drug-likeness (QED) is 0.825. The van der Waals surface area contributed by atoms with Gasteiger partial charge in [-0.1, -0.05) is 6.92 Å². The second-order valence-electron chi connectivity index (χ2n) is 4.45. The van der Waals surface area contributed by atoms with Gasteiger partial charge < -0.3 is 9.84 Å². The molecular weight excluding hydrogens is 266 g/mol. The molecule has 0 aromatic heterocycles. The zero-order chi connectivity index (χ0) is 14.5. The van der Waals surface area contributed by atoms with E-state index in [2.05, 4.69) is 0 Å². The lowest BCUT2D eigenvalue weighted by atomic mass is 10.3. The van der Waals surface area contributed by atoms with E-state index in [1.54, 1.807) is 19.1 Å². The molecular formula is C13H21NO4S. The van der Waals surface area contributed by atoms with Crippen LogP contribution in [0, 0.1) is 0 Å². The maximum Gasteiger partial charge on any atom is 0.242 e. The molecule has 1 rings (SSSR count). The van der Waals surface area contributed by atoms with Gasteiger partial charge in [-0.15, -0.1) is 0 Å². The summed E-state index contributed by atoms with van der Waals surface area (Å²) in [6.07, 6.45) is 0.198. The summed E-state index contributed by atoms with van der Waals surface area (Å²) in [7, 11) is -2.11. The Kier molecular flexibility index (Phi) is 5.78. The van der Waals surface area contributed by atoms with E-state index in [0.717, 1.165) is 10.7 Å². The minimum Gasteiger partial charge on any atom is -0.494 e. The molecule has 5 nitrogen and oxygen atoms in total. The molecule has 0 amide bonds. The van der Waals surface area contributed by atoms with Crippen LogP contribution < -0.4 is 4.74 Å². The molecule has 108 valence electrons. The van der Waals surface area contributed by atoms with Crippen LogP contribution in [0.3, 0.4) is 0 Å². The molecule has 1 aromatic rings. The van der Waals surface area contributed by atoms with E-state index < -0.39 is 16.1 Å². The van der Waals surface area contributed by atoms with Crippen molar-refractivity contribution < 1.29 is 18.3 Å². The minimum atomic E-state index is -3.55. The van der Waals surface area contributed by atoms with Crippen molar-refractivity contribution in [3.05, 3.63) is 24.3 Å². The summed E-state index contributed by atoms with van der Waals surface area (Å²) in [5.74, 6) is 0.652. The van der Waals surface area contributed by atoms with E-state index in [-0.39, 0.29) is 11.4 Å². The Bertz CT molecular complexity index is 482. The summed E-state index contributed by atoms with van der Waals surface area (Å²) >= 11 is 0. The number of sulfonamides is 1. The highest BCUT2D eigenvalue weighted by Crippen LogP contribution is 2.19. The summed E-state index contributed by atoms with van der Waals surface area (Å²) in [4.78, 5) is 0.194. The van der Waals surface area contributed by atoms with Crippen molar-refractivity contribution in [3.8, 4) is 5.75 Å². The Morgan fingerprint density at radius 2 is 1.89 bits per heavy atom. The van der Waals surface area contributed by atoms with Crippen LogP contribution >= 0.6 is 0 Å². The second-order valence-corrected chi connectivity index (χ2v) is 6.50. The smallest absolute Gasteiger partial charge is 0.242 e. The first-order chi connectivity index (χ1) is 8.87. The van der Waals surface area contributed by atoms with Crippen LogP contribution in [0.4, 0.5) is 0 Å². The van der Waals surface area contributed by atoms with E-state index in [1.165, 1.54) is 19.2 Å². The Labute approximate surface area is 114 Å². The number of hydrogen-bond acceptors (Lipinski definition) is 4. The third kappa shape index (κ3) is 4.49. The summed E-state index contributed by atoms with van der Waals surface area (Å²) < 4.78 is 30.9. The van der Waals surface area contributed by atoms with Gasteiger partial charge >= 0.3 is 0 Å². The van der Waals surface area contributed by atoms with Crippen LogP contribution in [0.1, 0.15) is 20.3 Å². The highest BCUT2D eigenvalue weighted by atomic mass is 32.2. The lowest BCUT2D eigenvalue weighted by molar-refractivity contribution is 0.171. The first kappa shape index (κ1) is 15.9. The van der Waals surface area contributed by atoms with E-state index in [4.69, 9.17) is 4.74 Å². The number of aliphatic hydroxyl groups is 1. The number of benzene rings is 1. The maximum absolute atomic E-state index is 12.2. The molecule has 0 aliphatic rings. The standard InChI is InChI=1S/C13H21NO4S/c1-4-9-18-12-5-7-13(8-6-12)19(16,17)14(3)10-11(2)15/h5-8,11,15H,4,9-10H2,1-3H3. The highest BCUT2D eigenvalue weighted by Gasteiger charge is 2.21. The van der Waals surface area contributed by atoms with E-state index in [1.807, 2.05) is 6.92 Å².